The van der Waals surface area contributed by atoms with Crippen LogP contribution in [0.2, 0.25) is 5.02 Å². The van der Waals surface area contributed by atoms with Gasteiger partial charge in [0, 0.05) is 38.2 Å². The number of H-pyrrole nitrogens is 1. The molecule has 3 rings (SSSR count). The number of hydrogen-bond acceptors (Lipinski definition) is 4. The van der Waals surface area contributed by atoms with E-state index in [0.29, 0.717) is 21.0 Å². The maximum atomic E-state index is 12.3. The highest BCUT2D eigenvalue weighted by Gasteiger charge is 2.21. The quantitative estimate of drug-likeness (QED) is 0.550. The highest BCUT2D eigenvalue weighted by molar-refractivity contribution is 7.99. The third-order valence-corrected chi connectivity index (χ3v) is 5.23. The average molecular weight is 403 g/mol. The number of pyridine rings is 1. The normalized spacial score (nSPS) is 11.9. The number of aliphatic carboxylic acids is 1. The van der Waals surface area contributed by atoms with Gasteiger partial charge in [-0.05, 0) is 30.3 Å². The number of aromatic nitrogens is 1. The molecule has 0 fully saturated rings. The first-order valence-corrected chi connectivity index (χ1v) is 9.34. The van der Waals surface area contributed by atoms with Crippen LogP contribution in [0.25, 0.3) is 10.9 Å². The number of carboxylic acid groups (broad SMARTS) is 1. The number of hydrogen-bond donors (Lipinski definition) is 3. The minimum atomic E-state index is -1.15. The van der Waals surface area contributed by atoms with Crippen LogP contribution >= 0.6 is 23.4 Å². The molecule has 0 aliphatic heterocycles. The van der Waals surface area contributed by atoms with Crippen molar-refractivity contribution in [2.24, 2.45) is 0 Å². The molecule has 0 bridgehead atoms. The van der Waals surface area contributed by atoms with Crippen molar-refractivity contribution in [2.75, 3.05) is 5.75 Å². The molecule has 0 saturated heterocycles. The zero-order valence-electron chi connectivity index (χ0n) is 13.9. The van der Waals surface area contributed by atoms with E-state index in [0.717, 1.165) is 5.39 Å². The molecule has 2 aromatic carbocycles. The van der Waals surface area contributed by atoms with Gasteiger partial charge in [-0.1, -0.05) is 29.8 Å². The lowest BCUT2D eigenvalue weighted by Gasteiger charge is -2.15. The maximum Gasteiger partial charge on any atom is 0.327 e. The van der Waals surface area contributed by atoms with Crippen LogP contribution in [0.1, 0.15) is 10.4 Å². The summed E-state index contributed by atoms with van der Waals surface area (Å²) in [4.78, 5) is 39.0. The van der Waals surface area contributed by atoms with Gasteiger partial charge in [0.05, 0.1) is 0 Å². The fourth-order valence-corrected chi connectivity index (χ4v) is 3.70. The molecule has 0 saturated carbocycles. The van der Waals surface area contributed by atoms with Crippen LogP contribution in [0.4, 0.5) is 0 Å². The zero-order chi connectivity index (χ0) is 19.4. The van der Waals surface area contributed by atoms with Crippen LogP contribution in [0.5, 0.6) is 0 Å². The van der Waals surface area contributed by atoms with E-state index >= 15 is 0 Å². The number of fused-ring (bicyclic) bond motifs is 1. The van der Waals surface area contributed by atoms with E-state index in [9.17, 15) is 19.5 Å². The van der Waals surface area contributed by atoms with Gasteiger partial charge in [0.2, 0.25) is 5.56 Å². The Morgan fingerprint density at radius 1 is 1.15 bits per heavy atom. The van der Waals surface area contributed by atoms with Crippen LogP contribution in [0.15, 0.2) is 64.3 Å². The third kappa shape index (κ3) is 4.69. The molecule has 0 aliphatic rings. The van der Waals surface area contributed by atoms with Gasteiger partial charge < -0.3 is 15.4 Å². The molecule has 6 nitrogen and oxygen atoms in total. The number of thioether (sulfide) groups is 1. The van der Waals surface area contributed by atoms with Gasteiger partial charge in [-0.3, -0.25) is 9.59 Å². The fraction of sp³-hybridized carbons (Fsp3) is 0.105. The first-order valence-electron chi connectivity index (χ1n) is 7.98. The fourth-order valence-electron chi connectivity index (χ4n) is 2.48. The van der Waals surface area contributed by atoms with Crippen molar-refractivity contribution in [3.63, 3.8) is 0 Å². The Kier molecular flexibility index (Phi) is 5.83. The number of carbonyl (C=O) groups is 2. The Morgan fingerprint density at radius 2 is 1.85 bits per heavy atom. The van der Waals surface area contributed by atoms with Crippen molar-refractivity contribution in [2.45, 2.75) is 10.9 Å². The van der Waals surface area contributed by atoms with Crippen LogP contribution in [0, 0.1) is 0 Å². The summed E-state index contributed by atoms with van der Waals surface area (Å²) in [5.41, 5.74) is 0.718. The Bertz CT molecular complexity index is 1050. The van der Waals surface area contributed by atoms with Crippen molar-refractivity contribution in [3.05, 3.63) is 75.5 Å². The van der Waals surface area contributed by atoms with E-state index in [1.54, 1.807) is 24.3 Å². The van der Waals surface area contributed by atoms with Gasteiger partial charge in [0.25, 0.3) is 5.91 Å². The minimum Gasteiger partial charge on any atom is -0.480 e. The number of carboxylic acids is 1. The van der Waals surface area contributed by atoms with E-state index in [1.807, 2.05) is 12.1 Å². The standard InChI is InChI=1S/C19H15ClN2O4S/c20-12-7-5-11(6-8-12)18(24)22-15(19(25)26)10-27-16-9-17(23)21-14-4-2-1-3-13(14)16/h1-9,15H,10H2,(H,21,23)(H,22,24)(H,25,26). The number of benzene rings is 2. The molecule has 0 aliphatic carbocycles. The van der Waals surface area contributed by atoms with E-state index in [2.05, 4.69) is 10.3 Å². The number of carbonyl (C=O) groups excluding carboxylic acids is 1. The summed E-state index contributed by atoms with van der Waals surface area (Å²) in [6.07, 6.45) is 0. The third-order valence-electron chi connectivity index (χ3n) is 3.83. The first kappa shape index (κ1) is 19.0. The SMILES string of the molecule is O=C(NC(CSc1cc(=O)[nH]c2ccccc12)C(=O)O)c1ccc(Cl)cc1. The Balaban J connectivity index is 1.76. The lowest BCUT2D eigenvalue weighted by atomic mass is 10.2. The molecule has 8 heteroatoms. The van der Waals surface area contributed by atoms with Gasteiger partial charge in [-0.2, -0.15) is 0 Å². The van der Waals surface area contributed by atoms with Crippen molar-refractivity contribution < 1.29 is 14.7 Å². The summed E-state index contributed by atoms with van der Waals surface area (Å²) in [7, 11) is 0. The summed E-state index contributed by atoms with van der Waals surface area (Å²) in [5.74, 6) is -1.59. The van der Waals surface area contributed by atoms with Gasteiger partial charge in [-0.15, -0.1) is 11.8 Å². The van der Waals surface area contributed by atoms with E-state index in [4.69, 9.17) is 11.6 Å². The second kappa shape index (κ2) is 8.28. The largest absolute Gasteiger partial charge is 0.480 e. The second-order valence-electron chi connectivity index (χ2n) is 5.73. The van der Waals surface area contributed by atoms with Crippen LogP contribution in [0.3, 0.4) is 0 Å². The van der Waals surface area contributed by atoms with Crippen molar-refractivity contribution in [1.29, 1.82) is 0 Å². The number of para-hydroxylation sites is 1. The Labute approximate surface area is 163 Å². The molecular weight excluding hydrogens is 388 g/mol. The molecule has 1 unspecified atom stereocenters. The molecule has 0 spiro atoms. The summed E-state index contributed by atoms with van der Waals surface area (Å²) >= 11 is 7.00. The van der Waals surface area contributed by atoms with Gasteiger partial charge in [0.15, 0.2) is 0 Å². The highest BCUT2D eigenvalue weighted by Crippen LogP contribution is 2.25. The van der Waals surface area contributed by atoms with Gasteiger partial charge in [-0.25, -0.2) is 4.79 Å². The summed E-state index contributed by atoms with van der Waals surface area (Å²) < 4.78 is 0. The number of rotatable bonds is 6. The smallest absolute Gasteiger partial charge is 0.327 e. The molecule has 27 heavy (non-hydrogen) atoms. The molecule has 3 N–H and O–H groups in total. The Morgan fingerprint density at radius 3 is 2.56 bits per heavy atom. The molecule has 1 heterocycles. The predicted octanol–water partition coefficient (Wildman–Crippen LogP) is 3.16. The summed E-state index contributed by atoms with van der Waals surface area (Å²) in [6.45, 7) is 0. The number of aromatic amines is 1. The summed E-state index contributed by atoms with van der Waals surface area (Å²) in [6, 6.07) is 13.7. The first-order chi connectivity index (χ1) is 12.9. The summed E-state index contributed by atoms with van der Waals surface area (Å²) in [5, 5.41) is 13.2. The van der Waals surface area contributed by atoms with Crippen LogP contribution < -0.4 is 10.9 Å². The highest BCUT2D eigenvalue weighted by atomic mass is 35.5. The molecule has 138 valence electrons. The second-order valence-corrected chi connectivity index (χ2v) is 7.22. The van der Waals surface area contributed by atoms with Crippen molar-refractivity contribution in [1.82, 2.24) is 10.3 Å². The number of amides is 1. The Hall–Kier alpha value is -2.77. The number of halogens is 1. The molecular formula is C19H15ClN2O4S. The zero-order valence-corrected chi connectivity index (χ0v) is 15.5. The average Bonchev–Trinajstić information content (AvgIpc) is 2.64. The van der Waals surface area contributed by atoms with Crippen molar-refractivity contribution >= 4 is 46.1 Å². The maximum absolute atomic E-state index is 12.3. The monoisotopic (exact) mass is 402 g/mol. The molecule has 1 aromatic heterocycles. The molecule has 1 atom stereocenters. The number of nitrogens with one attached hydrogen (secondary N) is 2. The topological polar surface area (TPSA) is 99.3 Å². The van der Waals surface area contributed by atoms with Crippen LogP contribution in [-0.4, -0.2) is 33.8 Å². The lowest BCUT2D eigenvalue weighted by Crippen LogP contribution is -2.42. The van der Waals surface area contributed by atoms with E-state index in [1.165, 1.54) is 30.0 Å². The van der Waals surface area contributed by atoms with Crippen LogP contribution in [-0.2, 0) is 4.79 Å². The minimum absolute atomic E-state index is 0.0715. The van der Waals surface area contributed by atoms with E-state index in [-0.39, 0.29) is 11.3 Å². The lowest BCUT2D eigenvalue weighted by molar-refractivity contribution is -0.138. The van der Waals surface area contributed by atoms with Crippen molar-refractivity contribution in [3.8, 4) is 0 Å². The molecule has 1 amide bonds. The molecule has 0 radical (unpaired) electrons. The van der Waals surface area contributed by atoms with Gasteiger partial charge >= 0.3 is 5.97 Å². The predicted molar refractivity (Wildman–Crippen MR) is 106 cm³/mol. The van der Waals surface area contributed by atoms with E-state index < -0.39 is 17.9 Å². The molecule has 3 aromatic rings. The van der Waals surface area contributed by atoms with Gasteiger partial charge in [0.1, 0.15) is 6.04 Å².